The van der Waals surface area contributed by atoms with Crippen LogP contribution in [-0.2, 0) is 13.0 Å². The molecule has 0 spiro atoms. The van der Waals surface area contributed by atoms with E-state index in [1.165, 1.54) is 0 Å². The van der Waals surface area contributed by atoms with Crippen molar-refractivity contribution in [2.24, 2.45) is 0 Å². The highest BCUT2D eigenvalue weighted by Crippen LogP contribution is 2.14. The van der Waals surface area contributed by atoms with E-state index in [-0.39, 0.29) is 6.03 Å². The Morgan fingerprint density at radius 2 is 2.09 bits per heavy atom. The van der Waals surface area contributed by atoms with Gasteiger partial charge in [-0.15, -0.1) is 0 Å². The molecule has 0 saturated carbocycles. The number of nitrogens with one attached hydrogen (secondary N) is 3. The van der Waals surface area contributed by atoms with Gasteiger partial charge in [-0.1, -0.05) is 19.1 Å². The number of anilines is 2. The van der Waals surface area contributed by atoms with E-state index in [4.69, 9.17) is 0 Å². The summed E-state index contributed by atoms with van der Waals surface area (Å²) in [5.41, 5.74) is 2.83. The third-order valence-electron chi connectivity index (χ3n) is 3.47. The van der Waals surface area contributed by atoms with E-state index < -0.39 is 0 Å². The number of H-pyrrole nitrogens is 1. The maximum Gasteiger partial charge on any atom is 0.324 e. The summed E-state index contributed by atoms with van der Waals surface area (Å²) in [5.74, 6) is 0.627. The summed E-state index contributed by atoms with van der Waals surface area (Å²) in [6.07, 6.45) is 7.94. The molecule has 0 saturated heterocycles. The highest BCUT2D eigenvalue weighted by molar-refractivity contribution is 5.99. The van der Waals surface area contributed by atoms with Crippen molar-refractivity contribution in [3.05, 3.63) is 60.3 Å². The van der Waals surface area contributed by atoms with E-state index in [0.29, 0.717) is 5.82 Å². The minimum atomic E-state index is -0.300. The third-order valence-corrected chi connectivity index (χ3v) is 3.47. The van der Waals surface area contributed by atoms with Crippen molar-refractivity contribution < 1.29 is 4.79 Å². The summed E-state index contributed by atoms with van der Waals surface area (Å²) < 4.78 is 1.99. The van der Waals surface area contributed by atoms with Crippen molar-refractivity contribution in [2.75, 3.05) is 10.6 Å². The Labute approximate surface area is 133 Å². The van der Waals surface area contributed by atoms with Gasteiger partial charge in [0, 0.05) is 30.2 Å². The number of nitrogens with zero attached hydrogens (tertiary/aromatic N) is 3. The zero-order chi connectivity index (χ0) is 16.1. The summed E-state index contributed by atoms with van der Waals surface area (Å²) in [4.78, 5) is 16.0. The van der Waals surface area contributed by atoms with E-state index in [0.717, 1.165) is 29.8 Å². The number of aryl methyl sites for hydroxylation is 1. The smallest absolute Gasteiger partial charge is 0.324 e. The molecule has 2 heterocycles. The molecule has 7 heteroatoms. The lowest BCUT2D eigenvalue weighted by molar-refractivity contribution is 0.262. The Balaban J connectivity index is 1.58. The molecule has 3 aromatic rings. The zero-order valence-electron chi connectivity index (χ0n) is 12.8. The molecule has 1 aromatic carbocycles. The van der Waals surface area contributed by atoms with Crippen LogP contribution in [0.1, 0.15) is 18.1 Å². The standard InChI is InChI=1S/C16H18N6O/c1-2-13-9-18-21-15(13)20-16(23)19-14-5-3-12(4-6-14)10-22-8-7-17-11-22/h3-9,11H,2,10H2,1H3,(H3,18,19,20,21,23). The molecule has 0 fully saturated rings. The second-order valence-corrected chi connectivity index (χ2v) is 5.13. The summed E-state index contributed by atoms with van der Waals surface area (Å²) >= 11 is 0. The van der Waals surface area contributed by atoms with E-state index in [1.807, 2.05) is 42.0 Å². The van der Waals surface area contributed by atoms with Crippen LogP contribution in [0.2, 0.25) is 0 Å². The number of carbonyl (C=O) groups is 1. The van der Waals surface area contributed by atoms with Crippen molar-refractivity contribution >= 4 is 17.5 Å². The van der Waals surface area contributed by atoms with E-state index in [1.54, 1.807) is 18.7 Å². The minimum Gasteiger partial charge on any atom is -0.333 e. The first-order chi connectivity index (χ1) is 11.2. The summed E-state index contributed by atoms with van der Waals surface area (Å²) in [6, 6.07) is 7.40. The summed E-state index contributed by atoms with van der Waals surface area (Å²) in [5, 5.41) is 12.3. The van der Waals surface area contributed by atoms with Crippen LogP contribution in [0.3, 0.4) is 0 Å². The maximum atomic E-state index is 12.0. The molecule has 3 rings (SSSR count). The van der Waals surface area contributed by atoms with Gasteiger partial charge in [0.25, 0.3) is 0 Å². The first kappa shape index (κ1) is 14.8. The lowest BCUT2D eigenvalue weighted by Gasteiger charge is -2.08. The summed E-state index contributed by atoms with van der Waals surface area (Å²) in [6.45, 7) is 2.76. The van der Waals surface area contributed by atoms with Crippen LogP contribution in [0, 0.1) is 0 Å². The van der Waals surface area contributed by atoms with E-state index in [9.17, 15) is 4.79 Å². The van der Waals surface area contributed by atoms with Gasteiger partial charge in [0.05, 0.1) is 12.5 Å². The molecule has 118 valence electrons. The first-order valence-corrected chi connectivity index (χ1v) is 7.39. The van der Waals surface area contributed by atoms with Gasteiger partial charge in [-0.05, 0) is 24.1 Å². The molecular formula is C16H18N6O. The molecule has 3 N–H and O–H groups in total. The summed E-state index contributed by atoms with van der Waals surface area (Å²) in [7, 11) is 0. The lowest BCUT2D eigenvalue weighted by atomic mass is 10.2. The van der Waals surface area contributed by atoms with Crippen molar-refractivity contribution in [3.8, 4) is 0 Å². The topological polar surface area (TPSA) is 87.6 Å². The van der Waals surface area contributed by atoms with Gasteiger partial charge in [0.2, 0.25) is 0 Å². The van der Waals surface area contributed by atoms with Crippen molar-refractivity contribution in [1.29, 1.82) is 0 Å². The molecule has 0 unspecified atom stereocenters. The number of aromatic amines is 1. The predicted octanol–water partition coefficient (Wildman–Crippen LogP) is 2.86. The van der Waals surface area contributed by atoms with Crippen LogP contribution >= 0.6 is 0 Å². The second-order valence-electron chi connectivity index (χ2n) is 5.13. The fourth-order valence-corrected chi connectivity index (χ4v) is 2.25. The molecule has 7 nitrogen and oxygen atoms in total. The Morgan fingerprint density at radius 1 is 1.26 bits per heavy atom. The van der Waals surface area contributed by atoms with Gasteiger partial charge in [0.1, 0.15) is 5.82 Å². The number of benzene rings is 1. The average molecular weight is 310 g/mol. The number of carbonyl (C=O) groups excluding carboxylic acids is 1. The second kappa shape index (κ2) is 6.78. The molecule has 0 aliphatic rings. The van der Waals surface area contributed by atoms with Crippen LogP contribution in [0.15, 0.2) is 49.2 Å². The largest absolute Gasteiger partial charge is 0.333 e. The molecule has 0 aliphatic carbocycles. The highest BCUT2D eigenvalue weighted by atomic mass is 16.2. The third kappa shape index (κ3) is 3.76. The Morgan fingerprint density at radius 3 is 2.78 bits per heavy atom. The molecule has 0 aliphatic heterocycles. The van der Waals surface area contributed by atoms with Crippen LogP contribution in [-0.4, -0.2) is 25.8 Å². The van der Waals surface area contributed by atoms with Crippen LogP contribution in [0.5, 0.6) is 0 Å². The van der Waals surface area contributed by atoms with Gasteiger partial charge < -0.3 is 9.88 Å². The van der Waals surface area contributed by atoms with Crippen molar-refractivity contribution in [2.45, 2.75) is 19.9 Å². The molecule has 0 bridgehead atoms. The van der Waals surface area contributed by atoms with Crippen LogP contribution in [0.4, 0.5) is 16.3 Å². The van der Waals surface area contributed by atoms with Gasteiger partial charge in [-0.25, -0.2) is 9.78 Å². The molecule has 2 aromatic heterocycles. The average Bonchev–Trinajstić information content (AvgIpc) is 3.20. The van der Waals surface area contributed by atoms with Crippen LogP contribution < -0.4 is 10.6 Å². The number of aromatic nitrogens is 4. The van der Waals surface area contributed by atoms with Gasteiger partial charge in [0.15, 0.2) is 0 Å². The first-order valence-electron chi connectivity index (χ1n) is 7.39. The van der Waals surface area contributed by atoms with E-state index >= 15 is 0 Å². The Hall–Kier alpha value is -3.09. The molecular weight excluding hydrogens is 292 g/mol. The Bertz CT molecular complexity index is 760. The normalized spacial score (nSPS) is 10.5. The molecule has 0 atom stereocenters. The number of imidazole rings is 1. The van der Waals surface area contributed by atoms with Gasteiger partial charge in [-0.2, -0.15) is 5.10 Å². The quantitative estimate of drug-likeness (QED) is 0.677. The van der Waals surface area contributed by atoms with Crippen LogP contribution in [0.25, 0.3) is 0 Å². The molecule has 2 amide bonds. The predicted molar refractivity (Wildman–Crippen MR) is 88.4 cm³/mol. The fourth-order valence-electron chi connectivity index (χ4n) is 2.25. The van der Waals surface area contributed by atoms with Gasteiger partial charge in [-0.3, -0.25) is 10.4 Å². The number of amides is 2. The number of rotatable bonds is 5. The van der Waals surface area contributed by atoms with E-state index in [2.05, 4.69) is 25.8 Å². The number of urea groups is 1. The zero-order valence-corrected chi connectivity index (χ0v) is 12.8. The van der Waals surface area contributed by atoms with Gasteiger partial charge >= 0.3 is 6.03 Å². The fraction of sp³-hybridized carbons (Fsp3) is 0.188. The molecule has 23 heavy (non-hydrogen) atoms. The maximum absolute atomic E-state index is 12.0. The number of hydrogen-bond acceptors (Lipinski definition) is 3. The SMILES string of the molecule is CCc1cn[nH]c1NC(=O)Nc1ccc(Cn2ccnc2)cc1. The highest BCUT2D eigenvalue weighted by Gasteiger charge is 2.07. The van der Waals surface area contributed by atoms with Crippen molar-refractivity contribution in [1.82, 2.24) is 19.7 Å². The van der Waals surface area contributed by atoms with Crippen molar-refractivity contribution in [3.63, 3.8) is 0 Å². The Kier molecular flexibility index (Phi) is 4.37. The minimum absolute atomic E-state index is 0.300. The monoisotopic (exact) mass is 310 g/mol. The molecule has 0 radical (unpaired) electrons. The number of hydrogen-bond donors (Lipinski definition) is 3. The lowest BCUT2D eigenvalue weighted by Crippen LogP contribution is -2.20.